The Kier molecular flexibility index (Phi) is 15.2. The maximum absolute atomic E-state index is 13.3. The van der Waals surface area contributed by atoms with E-state index in [2.05, 4.69) is 67.7 Å². The lowest BCUT2D eigenvalue weighted by atomic mass is 9.76. The minimum atomic E-state index is -3.66. The van der Waals surface area contributed by atoms with Crippen LogP contribution < -0.4 is 0 Å². The number of rotatable bonds is 16. The van der Waals surface area contributed by atoms with Crippen LogP contribution in [0, 0.1) is 11.8 Å². The van der Waals surface area contributed by atoms with Crippen molar-refractivity contribution < 1.29 is 51.6 Å². The molecule has 0 unspecified atom stereocenters. The second-order valence-corrected chi connectivity index (χ2v) is 28.7. The van der Waals surface area contributed by atoms with Crippen LogP contribution in [0.4, 0.5) is 0 Å². The summed E-state index contributed by atoms with van der Waals surface area (Å²) < 4.78 is 57.1. The smallest absolute Gasteiger partial charge is 0.308 e. The van der Waals surface area contributed by atoms with Gasteiger partial charge in [0.05, 0.1) is 54.7 Å². The van der Waals surface area contributed by atoms with Crippen LogP contribution in [0.15, 0.2) is 35.2 Å². The van der Waals surface area contributed by atoms with Crippen LogP contribution in [0.5, 0.6) is 0 Å². The zero-order valence-electron chi connectivity index (χ0n) is 32.8. The van der Waals surface area contributed by atoms with Crippen LogP contribution in [0.25, 0.3) is 0 Å². The van der Waals surface area contributed by atoms with Crippen molar-refractivity contribution in [2.24, 2.45) is 11.8 Å². The van der Waals surface area contributed by atoms with Gasteiger partial charge in [-0.05, 0) is 54.8 Å². The Balaban J connectivity index is 2.47. The highest BCUT2D eigenvalue weighted by Gasteiger charge is 2.58. The molecule has 0 amide bonds. The summed E-state index contributed by atoms with van der Waals surface area (Å²) in [5, 5.41) is 35.2. The Morgan fingerprint density at radius 1 is 0.940 bits per heavy atom. The van der Waals surface area contributed by atoms with Crippen LogP contribution >= 0.6 is 0 Å². The number of benzene rings is 1. The van der Waals surface area contributed by atoms with E-state index in [1.165, 1.54) is 14.2 Å². The fourth-order valence-electron chi connectivity index (χ4n) is 5.84. The minimum absolute atomic E-state index is 0.0728. The van der Waals surface area contributed by atoms with E-state index < -0.39 is 80.8 Å². The molecule has 1 fully saturated rings. The molecule has 0 spiro atoms. The molecule has 0 saturated carbocycles. The molecule has 9 atom stereocenters. The molecule has 0 radical (unpaired) electrons. The molecular formula is C36H66O11SSi2. The fraction of sp³-hybridized carbons (Fsp3) is 0.806. The van der Waals surface area contributed by atoms with E-state index in [4.69, 9.17) is 23.1 Å². The topological polar surface area (TPSA) is 158 Å². The molecule has 11 nitrogen and oxygen atoms in total. The Hall–Kier alpha value is -1.21. The summed E-state index contributed by atoms with van der Waals surface area (Å²) in [5.74, 6) is -4.26. The lowest BCUT2D eigenvalue weighted by Crippen LogP contribution is -2.67. The first-order valence-corrected chi connectivity index (χ1v) is 25.1. The molecule has 0 aromatic heterocycles. The summed E-state index contributed by atoms with van der Waals surface area (Å²) in [5.41, 5.74) is 0. The maximum Gasteiger partial charge on any atom is 0.308 e. The van der Waals surface area contributed by atoms with Crippen LogP contribution in [-0.2, 0) is 37.7 Å². The largest absolute Gasteiger partial charge is 0.469 e. The van der Waals surface area contributed by atoms with Gasteiger partial charge in [0.1, 0.15) is 6.10 Å². The first-order chi connectivity index (χ1) is 22.6. The summed E-state index contributed by atoms with van der Waals surface area (Å²) in [6.45, 7) is 24.4. The lowest BCUT2D eigenvalue weighted by molar-refractivity contribution is -0.358. The number of methoxy groups -OCH3 is 2. The molecule has 290 valence electrons. The molecule has 1 aliphatic rings. The Morgan fingerprint density at radius 2 is 1.48 bits per heavy atom. The average Bonchev–Trinajstić information content (AvgIpc) is 3.01. The summed E-state index contributed by atoms with van der Waals surface area (Å²) >= 11 is 0. The van der Waals surface area contributed by atoms with Crippen LogP contribution in [0.1, 0.15) is 74.7 Å². The lowest BCUT2D eigenvalue weighted by Gasteiger charge is -2.54. The molecule has 1 aromatic rings. The molecule has 1 aromatic carbocycles. The van der Waals surface area contributed by atoms with Gasteiger partial charge < -0.3 is 38.4 Å². The van der Waals surface area contributed by atoms with Crippen molar-refractivity contribution in [2.75, 3.05) is 20.0 Å². The highest BCUT2D eigenvalue weighted by molar-refractivity contribution is 7.91. The first kappa shape index (κ1) is 45.0. The number of esters is 1. The average molecular weight is 763 g/mol. The fourth-order valence-corrected chi connectivity index (χ4v) is 10.0. The number of carbonyl (C=O) groups excluding carboxylic acids is 1. The standard InChI is InChI=1S/C36H66O11SSi2/c1-24-29(23-31(38)44-10)45-36(40,25(2)32(24)47-50(13,14)35(6,7)8)33(39)27(37)22-30(43-9)28(46-49(11,12)34(3,4)5)20-21-48(41,42)26-18-16-15-17-19-26/h15-19,24-25,27-30,32-33,37,39-40H,20-23H2,1-14H3/t24-,25+,27-,28-,29+,30-,32-,33-,36+/m0/s1. The zero-order chi connectivity index (χ0) is 38.7. The van der Waals surface area contributed by atoms with Gasteiger partial charge >= 0.3 is 5.97 Å². The monoisotopic (exact) mass is 762 g/mol. The van der Waals surface area contributed by atoms with Crippen LogP contribution in [0.2, 0.25) is 36.3 Å². The third-order valence-corrected chi connectivity index (χ3v) is 22.2. The van der Waals surface area contributed by atoms with Gasteiger partial charge in [0, 0.05) is 25.4 Å². The van der Waals surface area contributed by atoms with Gasteiger partial charge in [-0.25, -0.2) is 8.42 Å². The van der Waals surface area contributed by atoms with Crippen molar-refractivity contribution in [3.63, 3.8) is 0 Å². The molecule has 0 aliphatic carbocycles. The van der Waals surface area contributed by atoms with Gasteiger partial charge in [-0.2, -0.15) is 0 Å². The number of hydrogen-bond donors (Lipinski definition) is 3. The van der Waals surface area contributed by atoms with E-state index in [9.17, 15) is 28.5 Å². The van der Waals surface area contributed by atoms with E-state index in [1.807, 2.05) is 6.92 Å². The molecule has 3 N–H and O–H groups in total. The number of hydrogen-bond acceptors (Lipinski definition) is 11. The van der Waals surface area contributed by atoms with Gasteiger partial charge in [0.25, 0.3) is 0 Å². The van der Waals surface area contributed by atoms with Crippen molar-refractivity contribution in [2.45, 2.75) is 158 Å². The van der Waals surface area contributed by atoms with E-state index >= 15 is 0 Å². The van der Waals surface area contributed by atoms with Crippen molar-refractivity contribution in [1.82, 2.24) is 0 Å². The first-order valence-electron chi connectivity index (χ1n) is 17.6. The zero-order valence-corrected chi connectivity index (χ0v) is 35.7. The second kappa shape index (κ2) is 16.9. The van der Waals surface area contributed by atoms with Gasteiger partial charge in [-0.3, -0.25) is 4.79 Å². The van der Waals surface area contributed by atoms with Crippen molar-refractivity contribution in [3.8, 4) is 0 Å². The number of aliphatic hydroxyl groups excluding tert-OH is 2. The molecule has 1 aliphatic heterocycles. The quantitative estimate of drug-likeness (QED) is 0.141. The predicted octanol–water partition coefficient (Wildman–Crippen LogP) is 5.68. The van der Waals surface area contributed by atoms with Gasteiger partial charge in [0.2, 0.25) is 0 Å². The molecule has 1 saturated heterocycles. The normalized spacial score (nSPS) is 26.6. The number of aliphatic hydroxyl groups is 3. The second-order valence-electron chi connectivity index (χ2n) is 17.0. The number of sulfone groups is 1. The molecular weight excluding hydrogens is 697 g/mol. The van der Waals surface area contributed by atoms with Gasteiger partial charge in [0.15, 0.2) is 32.3 Å². The molecule has 0 bridgehead atoms. The molecule has 14 heteroatoms. The molecule has 2 rings (SSSR count). The summed E-state index contributed by atoms with van der Waals surface area (Å²) in [4.78, 5) is 12.6. The van der Waals surface area contributed by atoms with Gasteiger partial charge in [-0.1, -0.05) is 73.6 Å². The Labute approximate surface area is 303 Å². The van der Waals surface area contributed by atoms with E-state index in [1.54, 1.807) is 37.3 Å². The van der Waals surface area contributed by atoms with E-state index in [-0.39, 0.29) is 45.9 Å². The van der Waals surface area contributed by atoms with Crippen LogP contribution in [-0.4, -0.2) is 109 Å². The Bertz CT molecular complexity index is 1340. The van der Waals surface area contributed by atoms with Crippen molar-refractivity contribution in [1.29, 1.82) is 0 Å². The molecule has 50 heavy (non-hydrogen) atoms. The Morgan fingerprint density at radius 3 is 1.96 bits per heavy atom. The third kappa shape index (κ3) is 10.7. The minimum Gasteiger partial charge on any atom is -0.469 e. The maximum atomic E-state index is 13.3. The van der Waals surface area contributed by atoms with Crippen molar-refractivity contribution >= 4 is 32.4 Å². The third-order valence-electron chi connectivity index (χ3n) is 11.4. The number of carbonyl (C=O) groups is 1. The van der Waals surface area contributed by atoms with E-state index in [0.29, 0.717) is 0 Å². The van der Waals surface area contributed by atoms with Crippen LogP contribution in [0.3, 0.4) is 0 Å². The SMILES string of the molecule is COC(=O)C[C@H]1O[C@@](O)([C@@H](O)[C@@H](O)C[C@H](OC)[C@H](CCS(=O)(=O)c2ccccc2)O[Si](C)(C)C(C)(C)C)[C@H](C)[C@@H](O[Si](C)(C)C(C)(C)C)[C@H]1C. The summed E-state index contributed by atoms with van der Waals surface area (Å²) in [7, 11) is -5.86. The molecule has 1 heterocycles. The predicted molar refractivity (Wildman–Crippen MR) is 199 cm³/mol. The number of ether oxygens (including phenoxy) is 3. The van der Waals surface area contributed by atoms with Crippen molar-refractivity contribution in [3.05, 3.63) is 30.3 Å². The highest BCUT2D eigenvalue weighted by Crippen LogP contribution is 2.46. The summed E-state index contributed by atoms with van der Waals surface area (Å²) in [6, 6.07) is 8.19. The highest BCUT2D eigenvalue weighted by atomic mass is 32.2. The van der Waals surface area contributed by atoms with E-state index in [0.717, 1.165) is 0 Å². The van der Waals surface area contributed by atoms with Gasteiger partial charge in [-0.15, -0.1) is 0 Å². The summed E-state index contributed by atoms with van der Waals surface area (Å²) in [6.07, 6.45) is -6.88.